The van der Waals surface area contributed by atoms with E-state index in [0.29, 0.717) is 12.5 Å². The van der Waals surface area contributed by atoms with E-state index in [1.807, 2.05) is 0 Å². The highest BCUT2D eigenvalue weighted by Gasteiger charge is 2.14. The number of hydrogen-bond donors (Lipinski definition) is 1. The molecule has 0 aliphatic carbocycles. The standard InChI is InChI=1S/C16H28N2O/c1-13(2)11-14-5-7-15(8-6-14)16(12-17)18(3)9-10-19-4/h5-8,13,16H,9-12,17H2,1-4H3. The van der Waals surface area contributed by atoms with Gasteiger partial charge in [-0.3, -0.25) is 4.90 Å². The van der Waals surface area contributed by atoms with E-state index in [-0.39, 0.29) is 6.04 Å². The highest BCUT2D eigenvalue weighted by molar-refractivity contribution is 5.25. The fourth-order valence-electron chi connectivity index (χ4n) is 2.31. The number of rotatable bonds is 8. The normalized spacial score (nSPS) is 13.2. The molecular weight excluding hydrogens is 236 g/mol. The highest BCUT2D eigenvalue weighted by Crippen LogP contribution is 2.19. The van der Waals surface area contributed by atoms with Gasteiger partial charge in [-0.15, -0.1) is 0 Å². The van der Waals surface area contributed by atoms with Crippen molar-refractivity contribution in [3.63, 3.8) is 0 Å². The highest BCUT2D eigenvalue weighted by atomic mass is 16.5. The van der Waals surface area contributed by atoms with Crippen molar-refractivity contribution in [1.82, 2.24) is 4.90 Å². The van der Waals surface area contributed by atoms with Crippen molar-refractivity contribution in [2.24, 2.45) is 11.7 Å². The van der Waals surface area contributed by atoms with Crippen molar-refractivity contribution in [2.75, 3.05) is 33.9 Å². The van der Waals surface area contributed by atoms with Crippen LogP contribution in [0.15, 0.2) is 24.3 Å². The molecule has 0 spiro atoms. The van der Waals surface area contributed by atoms with Crippen molar-refractivity contribution in [3.8, 4) is 0 Å². The second kappa shape index (κ2) is 8.31. The Kier molecular flexibility index (Phi) is 7.06. The maximum atomic E-state index is 5.91. The number of nitrogens with zero attached hydrogens (tertiary/aromatic N) is 1. The minimum atomic E-state index is 0.267. The zero-order chi connectivity index (χ0) is 14.3. The second-order valence-corrected chi connectivity index (χ2v) is 5.56. The Morgan fingerprint density at radius 3 is 2.32 bits per heavy atom. The molecule has 1 rings (SSSR count). The average molecular weight is 264 g/mol. The lowest BCUT2D eigenvalue weighted by molar-refractivity contribution is 0.140. The van der Waals surface area contributed by atoms with E-state index in [4.69, 9.17) is 10.5 Å². The lowest BCUT2D eigenvalue weighted by Crippen LogP contribution is -2.32. The summed E-state index contributed by atoms with van der Waals surface area (Å²) in [6, 6.07) is 9.13. The molecule has 0 bridgehead atoms. The molecule has 0 amide bonds. The van der Waals surface area contributed by atoms with Crippen LogP contribution in [0.4, 0.5) is 0 Å². The smallest absolute Gasteiger partial charge is 0.0589 e. The van der Waals surface area contributed by atoms with Gasteiger partial charge in [0.15, 0.2) is 0 Å². The quantitative estimate of drug-likeness (QED) is 0.784. The molecule has 0 saturated carbocycles. The van der Waals surface area contributed by atoms with Gasteiger partial charge in [0.25, 0.3) is 0 Å². The van der Waals surface area contributed by atoms with Crippen LogP contribution in [0, 0.1) is 5.92 Å². The third kappa shape index (κ3) is 5.31. The Morgan fingerprint density at radius 2 is 1.84 bits per heavy atom. The zero-order valence-electron chi connectivity index (χ0n) is 12.7. The van der Waals surface area contributed by atoms with Crippen molar-refractivity contribution >= 4 is 0 Å². The number of hydrogen-bond acceptors (Lipinski definition) is 3. The van der Waals surface area contributed by atoms with Crippen LogP contribution in [-0.2, 0) is 11.2 Å². The molecule has 0 fully saturated rings. The van der Waals surface area contributed by atoms with Gasteiger partial charge in [0.1, 0.15) is 0 Å². The maximum Gasteiger partial charge on any atom is 0.0589 e. The van der Waals surface area contributed by atoms with Gasteiger partial charge >= 0.3 is 0 Å². The van der Waals surface area contributed by atoms with Crippen LogP contribution in [0.3, 0.4) is 0 Å². The summed E-state index contributed by atoms with van der Waals surface area (Å²) in [5, 5.41) is 0. The Morgan fingerprint density at radius 1 is 1.21 bits per heavy atom. The summed E-state index contributed by atoms with van der Waals surface area (Å²) in [7, 11) is 3.82. The molecule has 3 nitrogen and oxygen atoms in total. The Hall–Kier alpha value is -0.900. The third-order valence-electron chi connectivity index (χ3n) is 3.41. The predicted molar refractivity (Wildman–Crippen MR) is 81.3 cm³/mol. The van der Waals surface area contributed by atoms with E-state index in [2.05, 4.69) is 50.1 Å². The number of nitrogens with two attached hydrogens (primary N) is 1. The summed E-state index contributed by atoms with van der Waals surface area (Å²) >= 11 is 0. The molecule has 1 atom stereocenters. The van der Waals surface area contributed by atoms with Gasteiger partial charge in [-0.1, -0.05) is 38.1 Å². The molecule has 0 aromatic heterocycles. The SMILES string of the molecule is COCCN(C)C(CN)c1ccc(CC(C)C)cc1. The maximum absolute atomic E-state index is 5.91. The molecule has 0 heterocycles. The Labute approximate surface area is 117 Å². The van der Waals surface area contributed by atoms with Crippen molar-refractivity contribution in [2.45, 2.75) is 26.3 Å². The summed E-state index contributed by atoms with van der Waals surface area (Å²) in [5.41, 5.74) is 8.60. The van der Waals surface area contributed by atoms with Crippen LogP contribution in [0.5, 0.6) is 0 Å². The van der Waals surface area contributed by atoms with Crippen LogP contribution in [-0.4, -0.2) is 38.8 Å². The summed E-state index contributed by atoms with van der Waals surface area (Å²) < 4.78 is 5.12. The van der Waals surface area contributed by atoms with Crippen molar-refractivity contribution in [3.05, 3.63) is 35.4 Å². The summed E-state index contributed by atoms with van der Waals surface area (Å²) in [5.74, 6) is 0.695. The predicted octanol–water partition coefficient (Wildman–Crippen LogP) is 2.46. The van der Waals surface area contributed by atoms with Gasteiger partial charge in [-0.05, 0) is 30.5 Å². The summed E-state index contributed by atoms with van der Waals surface area (Å²) in [4.78, 5) is 2.25. The molecule has 0 aliphatic heterocycles. The summed E-state index contributed by atoms with van der Waals surface area (Å²) in [6.07, 6.45) is 1.13. The number of likely N-dealkylation sites (N-methyl/N-ethyl adjacent to an activating group) is 1. The fourth-order valence-corrected chi connectivity index (χ4v) is 2.31. The van der Waals surface area contributed by atoms with E-state index in [1.54, 1.807) is 7.11 Å². The lowest BCUT2D eigenvalue weighted by Gasteiger charge is -2.27. The first-order chi connectivity index (χ1) is 9.08. The Bertz CT molecular complexity index is 348. The monoisotopic (exact) mass is 264 g/mol. The molecule has 0 aliphatic rings. The van der Waals surface area contributed by atoms with Gasteiger partial charge in [0.05, 0.1) is 6.61 Å². The van der Waals surface area contributed by atoms with Crippen LogP contribution >= 0.6 is 0 Å². The average Bonchev–Trinajstić information content (AvgIpc) is 2.38. The van der Waals surface area contributed by atoms with Crippen LogP contribution in [0.2, 0.25) is 0 Å². The molecule has 1 aromatic rings. The van der Waals surface area contributed by atoms with E-state index in [0.717, 1.165) is 19.6 Å². The van der Waals surface area contributed by atoms with E-state index >= 15 is 0 Å². The first kappa shape index (κ1) is 16.2. The minimum Gasteiger partial charge on any atom is -0.383 e. The molecule has 1 unspecified atom stereocenters. The third-order valence-corrected chi connectivity index (χ3v) is 3.41. The van der Waals surface area contributed by atoms with Gasteiger partial charge < -0.3 is 10.5 Å². The van der Waals surface area contributed by atoms with Gasteiger partial charge in [-0.25, -0.2) is 0 Å². The van der Waals surface area contributed by atoms with Crippen LogP contribution < -0.4 is 5.73 Å². The number of ether oxygens (including phenoxy) is 1. The first-order valence-corrected chi connectivity index (χ1v) is 7.06. The first-order valence-electron chi connectivity index (χ1n) is 7.06. The number of methoxy groups -OCH3 is 1. The van der Waals surface area contributed by atoms with E-state index in [9.17, 15) is 0 Å². The zero-order valence-corrected chi connectivity index (χ0v) is 12.7. The van der Waals surface area contributed by atoms with Gasteiger partial charge in [0.2, 0.25) is 0 Å². The van der Waals surface area contributed by atoms with Crippen molar-refractivity contribution < 1.29 is 4.74 Å². The van der Waals surface area contributed by atoms with Gasteiger partial charge in [0, 0.05) is 26.2 Å². The molecule has 2 N–H and O–H groups in total. The topological polar surface area (TPSA) is 38.5 Å². The second-order valence-electron chi connectivity index (χ2n) is 5.56. The Balaban J connectivity index is 2.70. The largest absolute Gasteiger partial charge is 0.383 e. The van der Waals surface area contributed by atoms with Crippen LogP contribution in [0.25, 0.3) is 0 Å². The molecular formula is C16H28N2O. The lowest BCUT2D eigenvalue weighted by atomic mass is 9.99. The molecule has 19 heavy (non-hydrogen) atoms. The van der Waals surface area contributed by atoms with E-state index in [1.165, 1.54) is 11.1 Å². The van der Waals surface area contributed by atoms with Gasteiger partial charge in [-0.2, -0.15) is 0 Å². The molecule has 0 radical (unpaired) electrons. The molecule has 0 saturated heterocycles. The summed E-state index contributed by atoms with van der Waals surface area (Å²) in [6.45, 7) is 6.75. The van der Waals surface area contributed by atoms with Crippen molar-refractivity contribution in [1.29, 1.82) is 0 Å². The molecule has 1 aromatic carbocycles. The van der Waals surface area contributed by atoms with E-state index < -0.39 is 0 Å². The molecule has 3 heteroatoms. The number of benzene rings is 1. The fraction of sp³-hybridized carbons (Fsp3) is 0.625. The molecule has 108 valence electrons. The van der Waals surface area contributed by atoms with Crippen LogP contribution in [0.1, 0.15) is 31.0 Å². The minimum absolute atomic E-state index is 0.267.